The van der Waals surface area contributed by atoms with Crippen LogP contribution in [0.4, 0.5) is 0 Å². The Kier molecular flexibility index (Phi) is 5.67. The first-order chi connectivity index (χ1) is 8.43. The minimum absolute atomic E-state index is 0.314. The molecule has 0 fully saturated rings. The topological polar surface area (TPSA) is 21.3 Å². The summed E-state index contributed by atoms with van der Waals surface area (Å²) < 4.78 is 5.47. The maximum absolute atomic E-state index is 5.47. The lowest BCUT2D eigenvalue weighted by Crippen LogP contribution is -2.30. The second kappa shape index (κ2) is 6.79. The molecule has 0 aliphatic heterocycles. The van der Waals surface area contributed by atoms with E-state index in [9.17, 15) is 0 Å². The molecule has 2 atom stereocenters. The zero-order valence-electron chi connectivity index (χ0n) is 12.6. The summed E-state index contributed by atoms with van der Waals surface area (Å²) in [6, 6.07) is 7.23. The van der Waals surface area contributed by atoms with E-state index in [1.54, 1.807) is 7.11 Å². The quantitative estimate of drug-likeness (QED) is 0.820. The minimum atomic E-state index is 0.314. The molecule has 1 aromatic carbocycles. The van der Waals surface area contributed by atoms with Crippen molar-refractivity contribution in [2.45, 2.75) is 53.1 Å². The van der Waals surface area contributed by atoms with Gasteiger partial charge in [0.25, 0.3) is 0 Å². The predicted molar refractivity (Wildman–Crippen MR) is 78.2 cm³/mol. The van der Waals surface area contributed by atoms with Crippen molar-refractivity contribution in [2.75, 3.05) is 7.11 Å². The maximum atomic E-state index is 5.47. The average Bonchev–Trinajstić information content (AvgIpc) is 2.27. The van der Waals surface area contributed by atoms with Crippen LogP contribution in [0.15, 0.2) is 18.2 Å². The Hall–Kier alpha value is -1.02. The lowest BCUT2D eigenvalue weighted by molar-refractivity contribution is 0.380. The smallest absolute Gasteiger partial charge is 0.123 e. The molecule has 0 bridgehead atoms. The fourth-order valence-electron chi connectivity index (χ4n) is 2.47. The van der Waals surface area contributed by atoms with Crippen molar-refractivity contribution >= 4 is 0 Å². The lowest BCUT2D eigenvalue weighted by atomic mass is 10.0. The zero-order valence-corrected chi connectivity index (χ0v) is 12.6. The summed E-state index contributed by atoms with van der Waals surface area (Å²) in [4.78, 5) is 0. The van der Waals surface area contributed by atoms with Crippen LogP contribution in [-0.4, -0.2) is 13.2 Å². The van der Waals surface area contributed by atoms with Crippen LogP contribution in [0.5, 0.6) is 5.75 Å². The van der Waals surface area contributed by atoms with Crippen LogP contribution in [0.2, 0.25) is 0 Å². The Morgan fingerprint density at radius 1 is 1.17 bits per heavy atom. The minimum Gasteiger partial charge on any atom is -0.496 e. The van der Waals surface area contributed by atoms with Crippen LogP contribution in [0.25, 0.3) is 0 Å². The predicted octanol–water partition coefficient (Wildman–Crippen LogP) is 4.09. The molecule has 1 aromatic rings. The summed E-state index contributed by atoms with van der Waals surface area (Å²) in [5.74, 6) is 1.70. The Bertz CT molecular complexity index is 373. The normalized spacial score (nSPS) is 14.6. The van der Waals surface area contributed by atoms with Crippen molar-refractivity contribution < 1.29 is 4.74 Å². The first-order valence-electron chi connectivity index (χ1n) is 6.84. The Morgan fingerprint density at radius 3 is 2.39 bits per heavy atom. The number of benzene rings is 1. The van der Waals surface area contributed by atoms with E-state index < -0.39 is 0 Å². The number of aryl methyl sites for hydroxylation is 1. The highest BCUT2D eigenvalue weighted by molar-refractivity contribution is 5.39. The van der Waals surface area contributed by atoms with E-state index >= 15 is 0 Å². The highest BCUT2D eigenvalue weighted by Gasteiger charge is 2.14. The summed E-state index contributed by atoms with van der Waals surface area (Å²) in [5.41, 5.74) is 2.47. The van der Waals surface area contributed by atoms with Gasteiger partial charge in [0.1, 0.15) is 5.75 Å². The van der Waals surface area contributed by atoms with E-state index in [0.29, 0.717) is 12.1 Å². The van der Waals surface area contributed by atoms with E-state index in [2.05, 4.69) is 58.1 Å². The van der Waals surface area contributed by atoms with Crippen molar-refractivity contribution in [1.82, 2.24) is 5.32 Å². The zero-order chi connectivity index (χ0) is 13.7. The number of hydrogen-bond acceptors (Lipinski definition) is 2. The number of rotatable bonds is 6. The molecule has 0 spiro atoms. The molecule has 18 heavy (non-hydrogen) atoms. The highest BCUT2D eigenvalue weighted by Crippen LogP contribution is 2.26. The van der Waals surface area contributed by atoms with Gasteiger partial charge in [0.2, 0.25) is 0 Å². The Balaban J connectivity index is 2.74. The molecule has 1 N–H and O–H groups in total. The van der Waals surface area contributed by atoms with E-state index in [-0.39, 0.29) is 0 Å². The summed E-state index contributed by atoms with van der Waals surface area (Å²) in [6.07, 6.45) is 1.19. The fraction of sp³-hybridized carbons (Fsp3) is 0.625. The molecule has 2 unspecified atom stereocenters. The van der Waals surface area contributed by atoms with E-state index in [1.807, 2.05) is 0 Å². The van der Waals surface area contributed by atoms with Crippen LogP contribution in [-0.2, 0) is 0 Å². The van der Waals surface area contributed by atoms with Crippen molar-refractivity contribution in [3.63, 3.8) is 0 Å². The second-order valence-corrected chi connectivity index (χ2v) is 5.66. The van der Waals surface area contributed by atoms with Crippen LogP contribution >= 0.6 is 0 Å². The van der Waals surface area contributed by atoms with Crippen LogP contribution in [0.3, 0.4) is 0 Å². The third kappa shape index (κ3) is 4.34. The Labute approximate surface area is 112 Å². The molecule has 0 amide bonds. The molecule has 0 saturated heterocycles. The molecule has 2 nitrogen and oxygen atoms in total. The van der Waals surface area contributed by atoms with Gasteiger partial charge in [-0.05, 0) is 44.7 Å². The van der Waals surface area contributed by atoms with E-state index in [4.69, 9.17) is 4.74 Å². The van der Waals surface area contributed by atoms with Gasteiger partial charge in [0.15, 0.2) is 0 Å². The average molecular weight is 249 g/mol. The molecule has 0 radical (unpaired) electrons. The van der Waals surface area contributed by atoms with Crippen molar-refractivity contribution in [3.05, 3.63) is 29.3 Å². The molecule has 102 valence electrons. The van der Waals surface area contributed by atoms with Crippen LogP contribution in [0, 0.1) is 12.8 Å². The molecular weight excluding hydrogens is 222 g/mol. The number of ether oxygens (including phenoxy) is 1. The molecule has 1 rings (SSSR count). The molecule has 0 saturated carbocycles. The van der Waals surface area contributed by atoms with E-state index in [0.717, 1.165) is 11.7 Å². The summed E-state index contributed by atoms with van der Waals surface area (Å²) in [5, 5.41) is 3.64. The first kappa shape index (κ1) is 15.0. The lowest BCUT2D eigenvalue weighted by Gasteiger charge is -2.23. The van der Waals surface area contributed by atoms with Gasteiger partial charge < -0.3 is 10.1 Å². The van der Waals surface area contributed by atoms with Gasteiger partial charge >= 0.3 is 0 Å². The molecular formula is C16H27NO. The monoisotopic (exact) mass is 249 g/mol. The molecule has 0 aromatic heterocycles. The van der Waals surface area contributed by atoms with Crippen molar-refractivity contribution in [2.24, 2.45) is 5.92 Å². The standard InChI is InChI=1S/C16H27NO/c1-11(2)9-13(4)17-14(5)15-8-7-12(3)10-16(15)18-6/h7-8,10-11,13-14,17H,9H2,1-6H3. The molecule has 0 aliphatic carbocycles. The van der Waals surface area contributed by atoms with Gasteiger partial charge in [-0.1, -0.05) is 26.0 Å². The van der Waals surface area contributed by atoms with Gasteiger partial charge in [0.05, 0.1) is 7.11 Å². The third-order valence-electron chi connectivity index (χ3n) is 3.21. The summed E-state index contributed by atoms with van der Waals surface area (Å²) in [7, 11) is 1.74. The summed E-state index contributed by atoms with van der Waals surface area (Å²) >= 11 is 0. The number of hydrogen-bond donors (Lipinski definition) is 1. The van der Waals surface area contributed by atoms with Gasteiger partial charge in [-0.2, -0.15) is 0 Å². The van der Waals surface area contributed by atoms with Crippen LogP contribution < -0.4 is 10.1 Å². The number of nitrogens with one attached hydrogen (secondary N) is 1. The summed E-state index contributed by atoms with van der Waals surface area (Å²) in [6.45, 7) is 11.1. The maximum Gasteiger partial charge on any atom is 0.123 e. The molecule has 2 heteroatoms. The SMILES string of the molecule is COc1cc(C)ccc1C(C)NC(C)CC(C)C. The fourth-order valence-corrected chi connectivity index (χ4v) is 2.47. The third-order valence-corrected chi connectivity index (χ3v) is 3.21. The van der Waals surface area contributed by atoms with Crippen molar-refractivity contribution in [1.29, 1.82) is 0 Å². The second-order valence-electron chi connectivity index (χ2n) is 5.66. The van der Waals surface area contributed by atoms with Gasteiger partial charge in [0, 0.05) is 17.6 Å². The van der Waals surface area contributed by atoms with Gasteiger partial charge in [-0.15, -0.1) is 0 Å². The first-order valence-corrected chi connectivity index (χ1v) is 6.84. The molecule has 0 aliphatic rings. The van der Waals surface area contributed by atoms with Crippen LogP contribution in [0.1, 0.15) is 51.3 Å². The van der Waals surface area contributed by atoms with Gasteiger partial charge in [-0.3, -0.25) is 0 Å². The largest absolute Gasteiger partial charge is 0.496 e. The highest BCUT2D eigenvalue weighted by atomic mass is 16.5. The van der Waals surface area contributed by atoms with Gasteiger partial charge in [-0.25, -0.2) is 0 Å². The van der Waals surface area contributed by atoms with E-state index in [1.165, 1.54) is 17.5 Å². The van der Waals surface area contributed by atoms with Crippen molar-refractivity contribution in [3.8, 4) is 5.75 Å². The Morgan fingerprint density at radius 2 is 1.83 bits per heavy atom. The molecule has 0 heterocycles. The number of methoxy groups -OCH3 is 1.